The van der Waals surface area contributed by atoms with Crippen LogP contribution in [0.4, 0.5) is 11.5 Å². The van der Waals surface area contributed by atoms with Gasteiger partial charge in [0, 0.05) is 36.9 Å². The van der Waals surface area contributed by atoms with Crippen LogP contribution in [0.15, 0.2) is 12.1 Å². The predicted molar refractivity (Wildman–Crippen MR) is 85.3 cm³/mol. The molecule has 3 saturated heterocycles. The second-order valence-corrected chi connectivity index (χ2v) is 7.18. The van der Waals surface area contributed by atoms with E-state index in [1.165, 1.54) is 18.5 Å². The fraction of sp³-hybridized carbons (Fsp3) is 0.688. The number of fused-ring (bicyclic) bond motifs is 1. The van der Waals surface area contributed by atoms with Crippen molar-refractivity contribution in [2.45, 2.75) is 44.9 Å². The van der Waals surface area contributed by atoms with Crippen LogP contribution in [0.1, 0.15) is 26.7 Å². The van der Waals surface area contributed by atoms with Crippen LogP contribution in [0.2, 0.25) is 5.15 Å². The molecule has 4 nitrogen and oxygen atoms in total. The Labute approximate surface area is 131 Å². The molecule has 0 aromatic carbocycles. The minimum Gasteiger partial charge on any atom is -0.375 e. The van der Waals surface area contributed by atoms with E-state index in [0.717, 1.165) is 31.4 Å². The molecule has 4 aliphatic rings. The minimum atomic E-state index is 0.260. The van der Waals surface area contributed by atoms with Gasteiger partial charge in [0.15, 0.2) is 0 Å². The van der Waals surface area contributed by atoms with Crippen LogP contribution in [-0.4, -0.2) is 42.9 Å². The molecule has 3 aliphatic heterocycles. The van der Waals surface area contributed by atoms with E-state index in [4.69, 9.17) is 16.3 Å². The SMILES string of the molecule is C[C@H]1CN(c2cc(Cl)nc(N3CC4CC3C4)c2)[C@@H](C)CO1. The quantitative estimate of drug-likeness (QED) is 0.786. The highest BCUT2D eigenvalue weighted by atomic mass is 35.5. The number of hydrogen-bond acceptors (Lipinski definition) is 4. The fourth-order valence-corrected chi connectivity index (χ4v) is 4.06. The van der Waals surface area contributed by atoms with E-state index < -0.39 is 0 Å². The van der Waals surface area contributed by atoms with Crippen molar-refractivity contribution in [3.8, 4) is 0 Å². The Morgan fingerprint density at radius 3 is 2.71 bits per heavy atom. The maximum absolute atomic E-state index is 6.30. The van der Waals surface area contributed by atoms with Gasteiger partial charge in [-0.25, -0.2) is 4.98 Å². The molecule has 1 aliphatic carbocycles. The number of rotatable bonds is 2. The number of ether oxygens (including phenoxy) is 1. The molecule has 0 amide bonds. The van der Waals surface area contributed by atoms with Crippen molar-refractivity contribution in [1.29, 1.82) is 0 Å². The molecule has 0 radical (unpaired) electrons. The Kier molecular flexibility index (Phi) is 3.27. The first-order valence-corrected chi connectivity index (χ1v) is 8.30. The average Bonchev–Trinajstić information content (AvgIpc) is 3.00. The van der Waals surface area contributed by atoms with E-state index in [1.54, 1.807) is 0 Å². The smallest absolute Gasteiger partial charge is 0.133 e. The number of anilines is 2. The number of morpholine rings is 1. The van der Waals surface area contributed by atoms with Gasteiger partial charge >= 0.3 is 0 Å². The second-order valence-electron chi connectivity index (χ2n) is 6.80. The van der Waals surface area contributed by atoms with Crippen LogP contribution in [-0.2, 0) is 4.74 Å². The van der Waals surface area contributed by atoms with Crippen molar-refractivity contribution in [3.63, 3.8) is 0 Å². The number of hydrogen-bond donors (Lipinski definition) is 0. The summed E-state index contributed by atoms with van der Waals surface area (Å²) < 4.78 is 5.73. The third-order valence-electron chi connectivity index (χ3n) is 5.11. The first-order chi connectivity index (χ1) is 10.1. The third-order valence-corrected chi connectivity index (χ3v) is 5.30. The van der Waals surface area contributed by atoms with Crippen molar-refractivity contribution in [3.05, 3.63) is 17.3 Å². The largest absolute Gasteiger partial charge is 0.375 e. The Morgan fingerprint density at radius 2 is 2.00 bits per heavy atom. The molecule has 21 heavy (non-hydrogen) atoms. The highest BCUT2D eigenvalue weighted by Gasteiger charge is 2.43. The molecule has 4 fully saturated rings. The monoisotopic (exact) mass is 307 g/mol. The lowest BCUT2D eigenvalue weighted by Crippen LogP contribution is -2.47. The van der Waals surface area contributed by atoms with Gasteiger partial charge in [-0.1, -0.05) is 11.6 Å². The maximum atomic E-state index is 6.30. The lowest BCUT2D eigenvalue weighted by atomic mass is 9.86. The minimum absolute atomic E-state index is 0.260. The molecular weight excluding hydrogens is 286 g/mol. The van der Waals surface area contributed by atoms with Crippen LogP contribution < -0.4 is 9.80 Å². The van der Waals surface area contributed by atoms with Gasteiger partial charge in [-0.05, 0) is 38.7 Å². The zero-order valence-corrected chi connectivity index (χ0v) is 13.4. The number of aromatic nitrogens is 1. The van der Waals surface area contributed by atoms with Crippen LogP contribution >= 0.6 is 11.6 Å². The summed E-state index contributed by atoms with van der Waals surface area (Å²) >= 11 is 6.30. The molecule has 1 aromatic rings. The Bertz CT molecular complexity index is 546. The Balaban J connectivity index is 1.64. The first kappa shape index (κ1) is 13.6. The van der Waals surface area contributed by atoms with Gasteiger partial charge in [0.25, 0.3) is 0 Å². The summed E-state index contributed by atoms with van der Waals surface area (Å²) in [6.07, 6.45) is 2.92. The van der Waals surface area contributed by atoms with Gasteiger partial charge in [0.1, 0.15) is 11.0 Å². The van der Waals surface area contributed by atoms with Crippen molar-refractivity contribution in [1.82, 2.24) is 4.98 Å². The average molecular weight is 308 g/mol. The summed E-state index contributed by atoms with van der Waals surface area (Å²) in [6, 6.07) is 5.26. The summed E-state index contributed by atoms with van der Waals surface area (Å²) in [5.74, 6) is 1.93. The molecule has 1 aromatic heterocycles. The van der Waals surface area contributed by atoms with E-state index in [9.17, 15) is 0 Å². The van der Waals surface area contributed by atoms with Gasteiger partial charge < -0.3 is 14.5 Å². The fourth-order valence-electron chi connectivity index (χ4n) is 3.86. The Morgan fingerprint density at radius 1 is 1.19 bits per heavy atom. The van der Waals surface area contributed by atoms with Crippen molar-refractivity contribution in [2.75, 3.05) is 29.5 Å². The van der Waals surface area contributed by atoms with Crippen LogP contribution in [0.25, 0.3) is 0 Å². The molecule has 0 spiro atoms. The van der Waals surface area contributed by atoms with Crippen molar-refractivity contribution < 1.29 is 4.74 Å². The van der Waals surface area contributed by atoms with Crippen LogP contribution in [0.5, 0.6) is 0 Å². The molecule has 1 saturated carbocycles. The highest BCUT2D eigenvalue weighted by Crippen LogP contribution is 2.43. The molecule has 5 heteroatoms. The zero-order valence-electron chi connectivity index (χ0n) is 12.6. The van der Waals surface area contributed by atoms with E-state index in [1.807, 2.05) is 6.07 Å². The number of halogens is 1. The maximum Gasteiger partial charge on any atom is 0.133 e. The van der Waals surface area contributed by atoms with E-state index in [0.29, 0.717) is 17.2 Å². The normalized spacial score (nSPS) is 35.0. The number of nitrogens with zero attached hydrogens (tertiary/aromatic N) is 3. The van der Waals surface area contributed by atoms with E-state index in [-0.39, 0.29) is 6.10 Å². The third kappa shape index (κ3) is 2.38. The Hall–Kier alpha value is -1.00. The molecule has 5 rings (SSSR count). The highest BCUT2D eigenvalue weighted by molar-refractivity contribution is 6.29. The topological polar surface area (TPSA) is 28.6 Å². The van der Waals surface area contributed by atoms with Gasteiger partial charge in [0.2, 0.25) is 0 Å². The standard InChI is InChI=1S/C16H22ClN3O/c1-10-9-21-11(2)7-19(10)14-5-15(17)18-16(6-14)20-8-12-3-13(20)4-12/h5-6,10-13H,3-4,7-9H2,1-2H3/t10-,11-,12?,13?/m0/s1. The van der Waals surface area contributed by atoms with Gasteiger partial charge in [-0.2, -0.15) is 0 Å². The summed E-state index contributed by atoms with van der Waals surface area (Å²) in [6.45, 7) is 7.15. The summed E-state index contributed by atoms with van der Waals surface area (Å²) in [5, 5.41) is 0.595. The molecule has 0 N–H and O–H groups in total. The van der Waals surface area contributed by atoms with Gasteiger partial charge in [-0.15, -0.1) is 0 Å². The van der Waals surface area contributed by atoms with Crippen molar-refractivity contribution in [2.24, 2.45) is 5.92 Å². The summed E-state index contributed by atoms with van der Waals surface area (Å²) in [4.78, 5) is 9.40. The second kappa shape index (κ2) is 5.03. The van der Waals surface area contributed by atoms with Crippen LogP contribution in [0, 0.1) is 5.92 Å². The van der Waals surface area contributed by atoms with Crippen molar-refractivity contribution >= 4 is 23.1 Å². The summed E-state index contributed by atoms with van der Waals surface area (Å²) in [5.41, 5.74) is 1.18. The lowest BCUT2D eigenvalue weighted by Gasteiger charge is -2.39. The molecule has 114 valence electrons. The predicted octanol–water partition coefficient (Wildman–Crippen LogP) is 2.95. The molecule has 0 unspecified atom stereocenters. The number of pyridine rings is 1. The van der Waals surface area contributed by atoms with E-state index in [2.05, 4.69) is 34.7 Å². The van der Waals surface area contributed by atoms with Gasteiger partial charge in [-0.3, -0.25) is 0 Å². The van der Waals surface area contributed by atoms with Gasteiger partial charge in [0.05, 0.1) is 12.7 Å². The van der Waals surface area contributed by atoms with Crippen LogP contribution in [0.3, 0.4) is 0 Å². The molecule has 2 atom stereocenters. The van der Waals surface area contributed by atoms with E-state index >= 15 is 0 Å². The summed E-state index contributed by atoms with van der Waals surface area (Å²) in [7, 11) is 0. The zero-order chi connectivity index (χ0) is 14.6. The first-order valence-electron chi connectivity index (χ1n) is 7.92. The lowest BCUT2D eigenvalue weighted by molar-refractivity contribution is 0.0344. The molecule has 4 heterocycles. The molecule has 2 bridgehead atoms. The molecular formula is C16H22ClN3O.